The first kappa shape index (κ1) is 32.1. The number of aromatic nitrogens is 2. The van der Waals surface area contributed by atoms with Crippen LogP contribution >= 0.6 is 0 Å². The number of nitrogens with two attached hydrogens (primary N) is 1. The Morgan fingerprint density at radius 2 is 1.77 bits per heavy atom. The van der Waals surface area contributed by atoms with Gasteiger partial charge in [-0.1, -0.05) is 30.3 Å². The lowest BCUT2D eigenvalue weighted by atomic mass is 9.77. The highest BCUT2D eigenvalue weighted by atomic mass is 16.2. The van der Waals surface area contributed by atoms with Crippen molar-refractivity contribution in [2.75, 3.05) is 18.4 Å². The van der Waals surface area contributed by atoms with Gasteiger partial charge in [-0.25, -0.2) is 0 Å². The summed E-state index contributed by atoms with van der Waals surface area (Å²) in [6, 6.07) is 18.6. The molecule has 10 nitrogen and oxygen atoms in total. The second-order valence-corrected chi connectivity index (χ2v) is 13.0. The molecular weight excluding hydrogens is 592 g/mol. The molecule has 1 saturated heterocycles. The molecule has 6 N–H and O–H groups in total. The van der Waals surface area contributed by atoms with Gasteiger partial charge in [0.25, 0.3) is 5.91 Å². The molecule has 1 aliphatic heterocycles. The Bertz CT molecular complexity index is 1770. The molecule has 2 heterocycles. The zero-order valence-corrected chi connectivity index (χ0v) is 26.7. The lowest BCUT2D eigenvalue weighted by molar-refractivity contribution is -0.129. The maximum atomic E-state index is 13.7. The number of fused-ring (bicyclic) bond motifs is 1. The van der Waals surface area contributed by atoms with Crippen LogP contribution in [0.5, 0.6) is 0 Å². The molecule has 2 fully saturated rings. The SMILES string of the molecule is Cc1cc(C(=O)N[C@@H]2CCNC2=O)ccc1-c1ccc(C[C@H](CC(=O)C2CCC(CN)CC2)C(=O)Nc2ccc3cn[nH]c3c2)cc1. The van der Waals surface area contributed by atoms with E-state index < -0.39 is 12.0 Å². The Morgan fingerprint density at radius 1 is 0.979 bits per heavy atom. The van der Waals surface area contributed by atoms with E-state index in [1.165, 1.54) is 0 Å². The van der Waals surface area contributed by atoms with Crippen molar-refractivity contribution in [3.05, 3.63) is 83.6 Å². The minimum absolute atomic E-state index is 0.0276. The molecule has 3 amide bonds. The fraction of sp³-hybridized carbons (Fsp3) is 0.378. The van der Waals surface area contributed by atoms with Crippen LogP contribution < -0.4 is 21.7 Å². The van der Waals surface area contributed by atoms with Gasteiger partial charge in [0.2, 0.25) is 11.8 Å². The summed E-state index contributed by atoms with van der Waals surface area (Å²) in [5, 5.41) is 16.5. The van der Waals surface area contributed by atoms with Crippen molar-refractivity contribution in [2.45, 2.75) is 57.9 Å². The monoisotopic (exact) mass is 634 g/mol. The van der Waals surface area contributed by atoms with Gasteiger partial charge < -0.3 is 21.7 Å². The number of ketones is 1. The smallest absolute Gasteiger partial charge is 0.251 e. The molecular formula is C37H42N6O4. The number of nitrogens with one attached hydrogen (secondary N) is 4. The lowest BCUT2D eigenvalue weighted by Crippen LogP contribution is -2.40. The molecule has 10 heteroatoms. The number of nitrogens with zero attached hydrogens (tertiary/aromatic N) is 1. The Labute approximate surface area is 274 Å². The quantitative estimate of drug-likeness (QED) is 0.161. The fourth-order valence-corrected chi connectivity index (χ4v) is 6.85. The van der Waals surface area contributed by atoms with Gasteiger partial charge in [-0.05, 0) is 110 Å². The van der Waals surface area contributed by atoms with Gasteiger partial charge in [0.05, 0.1) is 11.7 Å². The number of amides is 3. The molecule has 47 heavy (non-hydrogen) atoms. The molecule has 1 aromatic heterocycles. The first-order valence-electron chi connectivity index (χ1n) is 16.5. The van der Waals surface area contributed by atoms with E-state index in [9.17, 15) is 19.2 Å². The number of carbonyl (C=O) groups is 4. The Hall–Kier alpha value is -4.83. The molecule has 4 aromatic rings. The minimum atomic E-state index is -0.528. The van der Waals surface area contributed by atoms with Gasteiger partial charge in [0.1, 0.15) is 11.8 Å². The first-order chi connectivity index (χ1) is 22.8. The zero-order chi connectivity index (χ0) is 32.9. The highest BCUT2D eigenvalue weighted by Gasteiger charge is 2.30. The van der Waals surface area contributed by atoms with Crippen LogP contribution in [0.2, 0.25) is 0 Å². The van der Waals surface area contributed by atoms with Crippen LogP contribution in [0, 0.1) is 24.7 Å². The second kappa shape index (κ2) is 14.3. The van der Waals surface area contributed by atoms with Crippen molar-refractivity contribution in [3.8, 4) is 11.1 Å². The molecule has 0 bridgehead atoms. The van der Waals surface area contributed by atoms with Crippen molar-refractivity contribution < 1.29 is 19.2 Å². The first-order valence-corrected chi connectivity index (χ1v) is 16.5. The van der Waals surface area contributed by atoms with E-state index >= 15 is 0 Å². The third-order valence-electron chi connectivity index (χ3n) is 9.75. The van der Waals surface area contributed by atoms with Gasteiger partial charge in [-0.15, -0.1) is 0 Å². The molecule has 3 aromatic carbocycles. The number of hydrogen-bond acceptors (Lipinski definition) is 6. The number of benzene rings is 3. The highest BCUT2D eigenvalue weighted by molar-refractivity contribution is 5.99. The fourth-order valence-electron chi connectivity index (χ4n) is 6.85. The molecule has 244 valence electrons. The summed E-state index contributed by atoms with van der Waals surface area (Å²) in [4.78, 5) is 51.8. The minimum Gasteiger partial charge on any atom is -0.354 e. The molecule has 2 aliphatic rings. The summed E-state index contributed by atoms with van der Waals surface area (Å²) in [5.41, 5.74) is 11.7. The van der Waals surface area contributed by atoms with Crippen LogP contribution in [0.25, 0.3) is 22.0 Å². The van der Waals surface area contributed by atoms with Crippen molar-refractivity contribution in [1.82, 2.24) is 20.8 Å². The van der Waals surface area contributed by atoms with Gasteiger partial charge in [0.15, 0.2) is 0 Å². The Morgan fingerprint density at radius 3 is 2.47 bits per heavy atom. The van der Waals surface area contributed by atoms with Crippen molar-refractivity contribution in [1.29, 1.82) is 0 Å². The van der Waals surface area contributed by atoms with E-state index in [0.717, 1.165) is 58.8 Å². The summed E-state index contributed by atoms with van der Waals surface area (Å²) in [6.07, 6.45) is 6.50. The van der Waals surface area contributed by atoms with Crippen LogP contribution in [0.3, 0.4) is 0 Å². The van der Waals surface area contributed by atoms with Crippen LogP contribution in [-0.2, 0) is 20.8 Å². The maximum absolute atomic E-state index is 13.7. The van der Waals surface area contributed by atoms with E-state index in [1.54, 1.807) is 12.3 Å². The van der Waals surface area contributed by atoms with E-state index in [0.29, 0.717) is 43.1 Å². The summed E-state index contributed by atoms with van der Waals surface area (Å²) in [6.45, 7) is 3.18. The van der Waals surface area contributed by atoms with E-state index in [1.807, 2.05) is 61.5 Å². The summed E-state index contributed by atoms with van der Waals surface area (Å²) < 4.78 is 0. The number of carbonyl (C=O) groups excluding carboxylic acids is 4. The number of hydrogen-bond donors (Lipinski definition) is 5. The maximum Gasteiger partial charge on any atom is 0.251 e. The molecule has 1 saturated carbocycles. The normalized spacial score (nSPS) is 20.0. The van der Waals surface area contributed by atoms with Crippen LogP contribution in [0.15, 0.2) is 66.9 Å². The van der Waals surface area contributed by atoms with E-state index in [4.69, 9.17) is 5.73 Å². The summed E-state index contributed by atoms with van der Waals surface area (Å²) >= 11 is 0. The molecule has 2 atom stereocenters. The van der Waals surface area contributed by atoms with Crippen LogP contribution in [-0.4, -0.2) is 52.8 Å². The molecule has 0 spiro atoms. The highest BCUT2D eigenvalue weighted by Crippen LogP contribution is 2.32. The zero-order valence-electron chi connectivity index (χ0n) is 26.7. The van der Waals surface area contributed by atoms with E-state index in [2.05, 4.69) is 26.1 Å². The summed E-state index contributed by atoms with van der Waals surface area (Å²) in [7, 11) is 0. The van der Waals surface area contributed by atoms with Crippen molar-refractivity contribution in [2.24, 2.45) is 23.5 Å². The second-order valence-electron chi connectivity index (χ2n) is 13.0. The molecule has 6 rings (SSSR count). The van der Waals surface area contributed by atoms with Gasteiger partial charge in [0, 0.05) is 41.4 Å². The van der Waals surface area contributed by atoms with Crippen molar-refractivity contribution >= 4 is 40.1 Å². The third kappa shape index (κ3) is 7.60. The van der Waals surface area contributed by atoms with Gasteiger partial charge in [-0.3, -0.25) is 24.3 Å². The van der Waals surface area contributed by atoms with Crippen LogP contribution in [0.4, 0.5) is 5.69 Å². The largest absolute Gasteiger partial charge is 0.354 e. The third-order valence-corrected chi connectivity index (χ3v) is 9.75. The number of aryl methyl sites for hydroxylation is 1. The van der Waals surface area contributed by atoms with Gasteiger partial charge >= 0.3 is 0 Å². The average molecular weight is 635 g/mol. The van der Waals surface area contributed by atoms with Crippen LogP contribution in [0.1, 0.15) is 60.0 Å². The number of H-pyrrole nitrogens is 1. The molecule has 0 unspecified atom stereocenters. The lowest BCUT2D eigenvalue weighted by Gasteiger charge is -2.27. The Kier molecular flexibility index (Phi) is 9.77. The predicted molar refractivity (Wildman–Crippen MR) is 182 cm³/mol. The number of anilines is 1. The number of rotatable bonds is 11. The predicted octanol–water partition coefficient (Wildman–Crippen LogP) is 4.68. The Balaban J connectivity index is 1.15. The number of aromatic amines is 1. The van der Waals surface area contributed by atoms with E-state index in [-0.39, 0.29) is 35.8 Å². The summed E-state index contributed by atoms with van der Waals surface area (Å²) in [5.74, 6) is -0.536. The average Bonchev–Trinajstić information content (AvgIpc) is 3.72. The molecule has 0 radical (unpaired) electrons. The molecule has 1 aliphatic carbocycles. The topological polar surface area (TPSA) is 159 Å². The van der Waals surface area contributed by atoms with Crippen molar-refractivity contribution in [3.63, 3.8) is 0 Å². The number of Topliss-reactive ketones (excluding diaryl/α,β-unsaturated/α-hetero) is 1. The standard InChI is InChI=1S/C37H42N6O4/c1-22-16-27(35(45)42-32-14-15-39-37(32)47)11-13-31(22)25-6-2-23(3-7-25)17-29(18-34(44)26-8-4-24(20-38)5-9-26)36(46)41-30-12-10-28-21-40-43-33(28)19-30/h2-3,6-7,10-13,16,19,21,24,26,29,32H,4-5,8-9,14-15,17-18,20,38H2,1H3,(H,39,47)(H,40,43)(H,41,46)(H,42,45)/t24?,26?,29-,32-/m1/s1. The van der Waals surface area contributed by atoms with Gasteiger partial charge in [-0.2, -0.15) is 5.10 Å².